The van der Waals surface area contributed by atoms with Gasteiger partial charge in [-0.1, -0.05) is 47.7 Å². The molecule has 0 bridgehead atoms. The molecule has 5 heterocycles. The molecule has 0 saturated carbocycles. The molecule has 0 spiro atoms. The Morgan fingerprint density at radius 2 is 1.69 bits per heavy atom. The van der Waals surface area contributed by atoms with Gasteiger partial charge in [0.2, 0.25) is 17.7 Å². The van der Waals surface area contributed by atoms with Crippen molar-refractivity contribution in [2.45, 2.75) is 57.9 Å². The maximum Gasteiger partial charge on any atom is 0.355 e. The standard InChI is InChI=1S/C53H53F2N9O7S/c1-30-34(35-15-17-44(60-48(35)51(69)70)64-24-21-32-7-5-9-36(39(32)27-64)49(67)62-52-59-40-10-3-4-12-43(40)72-52)8-6-11-42(30)71-29-53(54,55)26-31-19-22-63(23-20-31)28-46(66)58-33-13-14-37(41(25-33)57-2)47(56)38-16-18-45(65)61-50(38)68/h3-15,17,25,31,38,56-57H,16,18-24,26-29H2,1-2H3,(H,58,66)(H,69,70)(H,59,62,67)(H,61,65,68). The van der Waals surface area contributed by atoms with Gasteiger partial charge in [0.15, 0.2) is 17.4 Å². The molecule has 3 aliphatic heterocycles. The third-order valence-electron chi connectivity index (χ3n) is 13.6. The molecule has 1 atom stereocenters. The normalized spacial score (nSPS) is 16.4. The molecule has 16 nitrogen and oxygen atoms in total. The van der Waals surface area contributed by atoms with Crippen molar-refractivity contribution in [1.29, 1.82) is 5.41 Å². The molecule has 372 valence electrons. The Balaban J connectivity index is 0.782. The lowest BCUT2D eigenvalue weighted by Gasteiger charge is -2.33. The van der Waals surface area contributed by atoms with E-state index in [4.69, 9.17) is 10.1 Å². The first-order chi connectivity index (χ1) is 34.6. The largest absolute Gasteiger partial charge is 0.487 e. The van der Waals surface area contributed by atoms with Crippen LogP contribution in [0.4, 0.5) is 31.1 Å². The topological polar surface area (TPSA) is 219 Å². The van der Waals surface area contributed by atoms with Crippen LogP contribution >= 0.6 is 11.3 Å². The van der Waals surface area contributed by atoms with E-state index in [1.54, 1.807) is 68.6 Å². The van der Waals surface area contributed by atoms with Crippen molar-refractivity contribution >= 4 is 79.2 Å². The number of piperidine rings is 2. The number of para-hydroxylation sites is 1. The number of likely N-dealkylation sites (tertiary alicyclic amines) is 1. The molecule has 1 unspecified atom stereocenters. The van der Waals surface area contributed by atoms with Crippen LogP contribution in [0.1, 0.15) is 75.2 Å². The number of carboxylic acids is 1. The van der Waals surface area contributed by atoms with Crippen LogP contribution < -0.4 is 30.9 Å². The Hall–Kier alpha value is -7.64. The number of nitrogens with one attached hydrogen (secondary N) is 5. The molecule has 2 fully saturated rings. The quantitative estimate of drug-likeness (QED) is 0.0398. The number of nitrogens with zero attached hydrogens (tertiary/aromatic N) is 4. The van der Waals surface area contributed by atoms with Crippen LogP contribution in [0.3, 0.4) is 0 Å². The second-order valence-corrected chi connectivity index (χ2v) is 19.4. The summed E-state index contributed by atoms with van der Waals surface area (Å²) in [6, 6.07) is 26.5. The predicted octanol–water partition coefficient (Wildman–Crippen LogP) is 8.40. The lowest BCUT2D eigenvalue weighted by atomic mass is 9.88. The number of aromatic nitrogens is 2. The van der Waals surface area contributed by atoms with Gasteiger partial charge in [0.25, 0.3) is 11.8 Å². The maximum absolute atomic E-state index is 15.6. The molecule has 4 aromatic carbocycles. The third-order valence-corrected chi connectivity index (χ3v) is 14.5. The predicted molar refractivity (Wildman–Crippen MR) is 272 cm³/mol. The highest BCUT2D eigenvalue weighted by molar-refractivity contribution is 7.22. The van der Waals surface area contributed by atoms with Crippen LogP contribution in [0.2, 0.25) is 0 Å². The Labute approximate surface area is 417 Å². The number of halogens is 2. The number of amides is 4. The molecule has 0 radical (unpaired) electrons. The average molecular weight is 998 g/mol. The highest BCUT2D eigenvalue weighted by Gasteiger charge is 2.36. The number of pyridine rings is 1. The third kappa shape index (κ3) is 11.0. The van der Waals surface area contributed by atoms with Gasteiger partial charge in [-0.2, -0.15) is 0 Å². The van der Waals surface area contributed by atoms with Gasteiger partial charge < -0.3 is 30.8 Å². The summed E-state index contributed by atoms with van der Waals surface area (Å²) >= 11 is 1.39. The van der Waals surface area contributed by atoms with Crippen LogP contribution in [0.25, 0.3) is 21.3 Å². The fraction of sp³-hybridized carbons (Fsp3) is 0.321. The molecule has 6 aromatic rings. The van der Waals surface area contributed by atoms with Crippen molar-refractivity contribution in [3.8, 4) is 16.9 Å². The minimum absolute atomic E-state index is 0.0627. The van der Waals surface area contributed by atoms with Crippen molar-refractivity contribution < 1.29 is 42.6 Å². The number of thiazole rings is 1. The number of carbonyl (C=O) groups excluding carboxylic acids is 4. The summed E-state index contributed by atoms with van der Waals surface area (Å²) in [5, 5.41) is 30.7. The minimum Gasteiger partial charge on any atom is -0.487 e. The lowest BCUT2D eigenvalue weighted by Crippen LogP contribution is -2.44. The van der Waals surface area contributed by atoms with E-state index in [1.807, 2.05) is 46.2 Å². The number of aromatic carboxylic acids is 1. The summed E-state index contributed by atoms with van der Waals surface area (Å²) in [6.07, 6.45) is 1.53. The lowest BCUT2D eigenvalue weighted by molar-refractivity contribution is -0.134. The molecule has 9 rings (SSSR count). The first kappa shape index (κ1) is 49.3. The molecule has 19 heteroatoms. The van der Waals surface area contributed by atoms with E-state index in [0.717, 1.165) is 21.3 Å². The van der Waals surface area contributed by atoms with Crippen LogP contribution in [0.5, 0.6) is 5.75 Å². The first-order valence-corrected chi connectivity index (χ1v) is 24.6. The van der Waals surface area contributed by atoms with E-state index in [9.17, 15) is 29.1 Å². The summed E-state index contributed by atoms with van der Waals surface area (Å²) in [6.45, 7) is 2.64. The van der Waals surface area contributed by atoms with Gasteiger partial charge >= 0.3 is 5.97 Å². The summed E-state index contributed by atoms with van der Waals surface area (Å²) in [5.74, 6) is -6.32. The zero-order valence-corrected chi connectivity index (χ0v) is 40.5. The maximum atomic E-state index is 15.6. The zero-order valence-electron chi connectivity index (χ0n) is 39.6. The number of carbonyl (C=O) groups is 5. The van der Waals surface area contributed by atoms with Crippen molar-refractivity contribution in [1.82, 2.24) is 20.2 Å². The summed E-state index contributed by atoms with van der Waals surface area (Å²) < 4.78 is 37.9. The first-order valence-electron chi connectivity index (χ1n) is 23.8. The highest BCUT2D eigenvalue weighted by Crippen LogP contribution is 2.37. The SMILES string of the molecule is CNc1cc(NC(=O)CN2CCC(CC(F)(F)COc3cccc(-c4ccc(N5CCc6cccc(C(=O)Nc7nc8ccccc8s7)c6C5)nc4C(=O)O)c3C)CC2)ccc1C(=N)C1CCC(=O)NC1=O. The Morgan fingerprint density at radius 3 is 2.46 bits per heavy atom. The second-order valence-electron chi connectivity index (χ2n) is 18.4. The number of carboxylic acid groups (broad SMARTS) is 1. The van der Waals surface area contributed by atoms with Gasteiger partial charge in [-0.05, 0) is 128 Å². The summed E-state index contributed by atoms with van der Waals surface area (Å²) in [7, 11) is 1.67. The molecule has 2 aromatic heterocycles. The molecular weight excluding hydrogens is 945 g/mol. The van der Waals surface area contributed by atoms with Crippen molar-refractivity contribution in [2.75, 3.05) is 60.7 Å². The second kappa shape index (κ2) is 21.0. The van der Waals surface area contributed by atoms with Gasteiger partial charge in [0.1, 0.15) is 11.6 Å². The number of benzene rings is 4. The van der Waals surface area contributed by atoms with E-state index in [-0.39, 0.29) is 60.2 Å². The molecule has 3 aliphatic rings. The number of hydrogen-bond donors (Lipinski definition) is 6. The summed E-state index contributed by atoms with van der Waals surface area (Å²) in [4.78, 5) is 76.5. The number of rotatable bonds is 16. The number of hydrogen-bond acceptors (Lipinski definition) is 13. The molecule has 6 N–H and O–H groups in total. The van der Waals surface area contributed by atoms with E-state index >= 15 is 8.78 Å². The average Bonchev–Trinajstić information content (AvgIpc) is 3.78. The molecule has 72 heavy (non-hydrogen) atoms. The van der Waals surface area contributed by atoms with Gasteiger partial charge in [-0.25, -0.2) is 23.5 Å². The van der Waals surface area contributed by atoms with Crippen LogP contribution in [0.15, 0.2) is 91.0 Å². The van der Waals surface area contributed by atoms with Crippen molar-refractivity contribution in [2.24, 2.45) is 11.8 Å². The van der Waals surface area contributed by atoms with E-state index in [2.05, 4.69) is 31.2 Å². The Kier molecular flexibility index (Phi) is 14.4. The summed E-state index contributed by atoms with van der Waals surface area (Å²) in [5.41, 5.74) is 5.74. The van der Waals surface area contributed by atoms with Gasteiger partial charge in [0.05, 0.1) is 28.4 Å². The van der Waals surface area contributed by atoms with E-state index < -0.39 is 36.7 Å². The number of ether oxygens (including phenoxy) is 1. The van der Waals surface area contributed by atoms with E-state index in [1.165, 1.54) is 11.3 Å². The van der Waals surface area contributed by atoms with Crippen LogP contribution in [0, 0.1) is 24.2 Å². The van der Waals surface area contributed by atoms with Crippen molar-refractivity contribution in [3.05, 3.63) is 125 Å². The van der Waals surface area contributed by atoms with Crippen LogP contribution in [-0.4, -0.2) is 101 Å². The van der Waals surface area contributed by atoms with E-state index in [0.29, 0.717) is 95.6 Å². The van der Waals surface area contributed by atoms with Crippen LogP contribution in [-0.2, 0) is 27.3 Å². The number of imide groups is 1. The highest BCUT2D eigenvalue weighted by atomic mass is 32.1. The fourth-order valence-electron chi connectivity index (χ4n) is 9.78. The van der Waals surface area contributed by atoms with Crippen molar-refractivity contribution in [3.63, 3.8) is 0 Å². The number of fused-ring (bicyclic) bond motifs is 2. The zero-order chi connectivity index (χ0) is 50.7. The fourth-order valence-corrected chi connectivity index (χ4v) is 10.6. The molecule has 2 saturated heterocycles. The van der Waals surface area contributed by atoms with Gasteiger partial charge in [-0.15, -0.1) is 0 Å². The van der Waals surface area contributed by atoms with Gasteiger partial charge in [0, 0.05) is 61.0 Å². The molecule has 4 amide bonds. The van der Waals surface area contributed by atoms with Gasteiger partial charge in [-0.3, -0.25) is 34.7 Å². The Morgan fingerprint density at radius 1 is 0.903 bits per heavy atom. The number of anilines is 4. The Bertz CT molecular complexity index is 3090. The molecule has 0 aliphatic carbocycles. The molecular formula is C53H53F2N9O7S. The smallest absolute Gasteiger partial charge is 0.355 e. The number of alkyl halides is 2. The minimum atomic E-state index is -3.17. The monoisotopic (exact) mass is 997 g/mol.